The summed E-state index contributed by atoms with van der Waals surface area (Å²) in [6.45, 7) is 4.45. The van der Waals surface area contributed by atoms with Gasteiger partial charge in [0.15, 0.2) is 6.79 Å². The van der Waals surface area contributed by atoms with Crippen molar-refractivity contribution in [2.24, 2.45) is 0 Å². The van der Waals surface area contributed by atoms with Crippen LogP contribution in [0, 0.1) is 21.2 Å². The van der Waals surface area contributed by atoms with Gasteiger partial charge in [-0.2, -0.15) is 0 Å². The molecule has 100 valence electrons. The quantitative estimate of drug-likeness (QED) is 0.152. The molecule has 0 amide bonds. The molecule has 0 fully saturated rings. The molecule has 1 aromatic carbocycles. The van der Waals surface area contributed by atoms with Crippen LogP contribution in [-0.2, 0) is 9.47 Å². The van der Waals surface area contributed by atoms with Crippen LogP contribution in [0.4, 0.5) is 0 Å². The van der Waals surface area contributed by atoms with E-state index in [2.05, 4.69) is 97.3 Å². The fourth-order valence-corrected chi connectivity index (χ4v) is 5.07. The van der Waals surface area contributed by atoms with Gasteiger partial charge in [-0.15, -0.1) is 0 Å². The van der Waals surface area contributed by atoms with Crippen molar-refractivity contribution in [2.45, 2.75) is 13.8 Å². The third kappa shape index (κ3) is 4.04. The molecule has 0 radical (unpaired) electrons. The van der Waals surface area contributed by atoms with Crippen LogP contribution in [0.1, 0.15) is 22.8 Å². The van der Waals surface area contributed by atoms with Crippen molar-refractivity contribution < 1.29 is 14.3 Å². The van der Waals surface area contributed by atoms with Gasteiger partial charge in [0.25, 0.3) is 0 Å². The van der Waals surface area contributed by atoms with Crippen LogP contribution in [0.3, 0.4) is 0 Å². The highest BCUT2D eigenvalue weighted by molar-refractivity contribution is 14.1. The van der Waals surface area contributed by atoms with E-state index in [-0.39, 0.29) is 12.8 Å². The topological polar surface area (TPSA) is 35.5 Å². The molecule has 0 aliphatic carbocycles. The predicted octanol–water partition coefficient (Wildman–Crippen LogP) is 4.56. The molecule has 1 rings (SSSR count). The van der Waals surface area contributed by atoms with Gasteiger partial charge in [-0.25, -0.2) is 4.79 Å². The summed E-state index contributed by atoms with van der Waals surface area (Å²) < 4.78 is 14.2. The Balaban J connectivity index is 3.13. The highest BCUT2D eigenvalue weighted by atomic mass is 127. The largest absolute Gasteiger partial charge is 0.435 e. The van der Waals surface area contributed by atoms with Crippen LogP contribution >= 0.6 is 90.4 Å². The first-order chi connectivity index (χ1) is 8.41. The molecule has 0 atom stereocenters. The van der Waals surface area contributed by atoms with Crippen LogP contribution in [0.5, 0.6) is 0 Å². The fourth-order valence-electron chi connectivity index (χ4n) is 1.17. The second-order valence-electron chi connectivity index (χ2n) is 3.30. The Kier molecular flexibility index (Phi) is 7.95. The van der Waals surface area contributed by atoms with Crippen LogP contribution in [0.15, 0.2) is 0 Å². The highest BCUT2D eigenvalue weighted by Crippen LogP contribution is 2.32. The lowest BCUT2D eigenvalue weighted by molar-refractivity contribution is -0.0276. The molecule has 0 N–H and O–H groups in total. The van der Waals surface area contributed by atoms with E-state index in [4.69, 9.17) is 9.47 Å². The standard InChI is InChI=1S/C11H10I4O3/c1-3-17-4-18-11(16)6-9(14)7(12)5(2)8(13)10(6)15/h3-4H2,1-2H3. The van der Waals surface area contributed by atoms with Crippen molar-refractivity contribution in [2.75, 3.05) is 13.4 Å². The minimum atomic E-state index is -0.326. The van der Waals surface area contributed by atoms with E-state index in [0.717, 1.165) is 14.3 Å². The number of halogens is 4. The first-order valence-electron chi connectivity index (χ1n) is 4.99. The van der Waals surface area contributed by atoms with Crippen molar-refractivity contribution in [1.82, 2.24) is 0 Å². The molecule has 0 aliphatic heterocycles. The van der Waals surface area contributed by atoms with Crippen LogP contribution in [-0.4, -0.2) is 19.4 Å². The van der Waals surface area contributed by atoms with E-state index in [1.807, 2.05) is 6.92 Å². The Morgan fingerprint density at radius 3 is 2.00 bits per heavy atom. The van der Waals surface area contributed by atoms with Crippen molar-refractivity contribution in [3.63, 3.8) is 0 Å². The average molecular weight is 698 g/mol. The van der Waals surface area contributed by atoms with Crippen LogP contribution in [0.2, 0.25) is 0 Å². The SMILES string of the molecule is CCOCOC(=O)c1c(I)c(I)c(C)c(I)c1I. The molecule has 0 saturated carbocycles. The van der Waals surface area contributed by atoms with E-state index < -0.39 is 0 Å². The Hall–Kier alpha value is 1.57. The zero-order valence-electron chi connectivity index (χ0n) is 9.65. The van der Waals surface area contributed by atoms with Gasteiger partial charge in [0.1, 0.15) is 0 Å². The molecule has 0 aliphatic rings. The number of ether oxygens (including phenoxy) is 2. The summed E-state index contributed by atoms with van der Waals surface area (Å²) in [4.78, 5) is 12.1. The van der Waals surface area contributed by atoms with Gasteiger partial charge in [0.05, 0.1) is 5.56 Å². The molecule has 18 heavy (non-hydrogen) atoms. The highest BCUT2D eigenvalue weighted by Gasteiger charge is 2.22. The van der Waals surface area contributed by atoms with Crippen molar-refractivity contribution in [1.29, 1.82) is 0 Å². The number of rotatable bonds is 4. The van der Waals surface area contributed by atoms with Gasteiger partial charge in [0.2, 0.25) is 0 Å². The second kappa shape index (κ2) is 8.12. The summed E-state index contributed by atoms with van der Waals surface area (Å²) in [5.74, 6) is -0.326. The molecular formula is C11H10I4O3. The lowest BCUT2D eigenvalue weighted by atomic mass is 10.1. The molecular weight excluding hydrogens is 688 g/mol. The van der Waals surface area contributed by atoms with Crippen molar-refractivity contribution >= 4 is 96.3 Å². The Labute approximate surface area is 161 Å². The van der Waals surface area contributed by atoms with Crippen molar-refractivity contribution in [3.8, 4) is 0 Å². The lowest BCUT2D eigenvalue weighted by Gasteiger charge is -2.13. The summed E-state index contributed by atoms with van der Waals surface area (Å²) in [6, 6.07) is 0. The van der Waals surface area contributed by atoms with Gasteiger partial charge in [0, 0.05) is 20.9 Å². The first kappa shape index (κ1) is 17.6. The van der Waals surface area contributed by atoms with E-state index in [1.54, 1.807) is 0 Å². The number of esters is 1. The maximum atomic E-state index is 12.1. The van der Waals surface area contributed by atoms with Crippen LogP contribution in [0.25, 0.3) is 0 Å². The van der Waals surface area contributed by atoms with Gasteiger partial charge in [-0.05, 0) is 110 Å². The van der Waals surface area contributed by atoms with Gasteiger partial charge in [-0.3, -0.25) is 0 Å². The molecule has 7 heteroatoms. The zero-order chi connectivity index (χ0) is 13.9. The summed E-state index contributed by atoms with van der Waals surface area (Å²) in [6.07, 6.45) is 0. The van der Waals surface area contributed by atoms with E-state index in [9.17, 15) is 4.79 Å². The van der Waals surface area contributed by atoms with Crippen LogP contribution < -0.4 is 0 Å². The molecule has 0 unspecified atom stereocenters. The predicted molar refractivity (Wildman–Crippen MR) is 104 cm³/mol. The number of carbonyl (C=O) groups excluding carboxylic acids is 1. The van der Waals surface area contributed by atoms with E-state index in [0.29, 0.717) is 12.2 Å². The maximum Gasteiger partial charge on any atom is 0.342 e. The summed E-state index contributed by atoms with van der Waals surface area (Å²) in [5, 5.41) is 0. The summed E-state index contributed by atoms with van der Waals surface area (Å²) >= 11 is 8.90. The third-order valence-electron chi connectivity index (χ3n) is 2.16. The number of carbonyl (C=O) groups is 1. The minimum Gasteiger partial charge on any atom is -0.435 e. The molecule has 0 aromatic heterocycles. The van der Waals surface area contributed by atoms with E-state index in [1.165, 1.54) is 5.56 Å². The molecule has 0 saturated heterocycles. The fraction of sp³-hybridized carbons (Fsp3) is 0.364. The van der Waals surface area contributed by atoms with Gasteiger partial charge in [-0.1, -0.05) is 0 Å². The Morgan fingerprint density at radius 2 is 1.56 bits per heavy atom. The average Bonchev–Trinajstić information content (AvgIpc) is 2.34. The number of hydrogen-bond acceptors (Lipinski definition) is 3. The minimum absolute atomic E-state index is 0.00251. The maximum absolute atomic E-state index is 12.1. The molecule has 3 nitrogen and oxygen atoms in total. The molecule has 0 spiro atoms. The number of hydrogen-bond donors (Lipinski definition) is 0. The monoisotopic (exact) mass is 698 g/mol. The second-order valence-corrected chi connectivity index (χ2v) is 7.61. The van der Waals surface area contributed by atoms with E-state index >= 15 is 0 Å². The molecule has 0 heterocycles. The Morgan fingerprint density at radius 1 is 1.06 bits per heavy atom. The normalized spacial score (nSPS) is 10.6. The third-order valence-corrected chi connectivity index (χ3v) is 9.08. The molecule has 0 bridgehead atoms. The Bertz CT molecular complexity index is 445. The van der Waals surface area contributed by atoms with Crippen molar-refractivity contribution in [3.05, 3.63) is 25.4 Å². The van der Waals surface area contributed by atoms with Gasteiger partial charge < -0.3 is 9.47 Å². The number of benzene rings is 1. The molecule has 1 aromatic rings. The van der Waals surface area contributed by atoms with Gasteiger partial charge >= 0.3 is 5.97 Å². The smallest absolute Gasteiger partial charge is 0.342 e. The summed E-state index contributed by atoms with van der Waals surface area (Å²) in [7, 11) is 0. The zero-order valence-corrected chi connectivity index (χ0v) is 18.3. The lowest BCUT2D eigenvalue weighted by Crippen LogP contribution is -2.14. The summed E-state index contributed by atoms with van der Waals surface area (Å²) in [5.41, 5.74) is 1.83. The first-order valence-corrected chi connectivity index (χ1v) is 9.30.